The van der Waals surface area contributed by atoms with Gasteiger partial charge in [-0.3, -0.25) is 4.40 Å². The Balaban J connectivity index is 1.82. The van der Waals surface area contributed by atoms with Crippen molar-refractivity contribution in [2.75, 3.05) is 0 Å². The van der Waals surface area contributed by atoms with Crippen LogP contribution in [0, 0.1) is 11.7 Å². The molecule has 0 amide bonds. The van der Waals surface area contributed by atoms with Crippen molar-refractivity contribution in [2.24, 2.45) is 5.10 Å². The standard InChI is InChI=1S/C15H11ClN6S2/c1-9-4-2-3-5-10(9)13-19-20-14(23)22(13)17-8-11-12(16)18-15-21(11)6-7-24-15/h2-8H,1H3,(H,20,23)/b17-8+. The van der Waals surface area contributed by atoms with Gasteiger partial charge in [-0.2, -0.15) is 14.9 Å². The molecule has 0 fully saturated rings. The first kappa shape index (κ1) is 15.3. The SMILES string of the molecule is Cc1ccccc1-c1n[nH]c(=S)n1/N=C/c1c(Cl)nc2sccn12. The van der Waals surface area contributed by atoms with Crippen LogP contribution in [0.3, 0.4) is 0 Å². The predicted octanol–water partition coefficient (Wildman–Crippen LogP) is 4.16. The Bertz CT molecular complexity index is 1120. The molecule has 0 aliphatic carbocycles. The Morgan fingerprint density at radius 2 is 2.21 bits per heavy atom. The van der Waals surface area contributed by atoms with E-state index in [1.807, 2.05) is 47.2 Å². The number of hydrogen-bond donors (Lipinski definition) is 1. The normalized spacial score (nSPS) is 11.8. The van der Waals surface area contributed by atoms with Gasteiger partial charge in [0.15, 0.2) is 15.9 Å². The number of imidazole rings is 1. The first-order chi connectivity index (χ1) is 11.6. The molecular weight excluding hydrogens is 364 g/mol. The Morgan fingerprint density at radius 3 is 3.04 bits per heavy atom. The molecule has 0 saturated heterocycles. The minimum atomic E-state index is 0.401. The molecule has 1 aromatic carbocycles. The molecule has 120 valence electrons. The molecule has 0 saturated carbocycles. The average molecular weight is 375 g/mol. The molecule has 1 N–H and O–H groups in total. The van der Waals surface area contributed by atoms with Crippen molar-refractivity contribution < 1.29 is 0 Å². The van der Waals surface area contributed by atoms with Crippen LogP contribution in [0.15, 0.2) is 40.9 Å². The third-order valence-electron chi connectivity index (χ3n) is 3.59. The summed E-state index contributed by atoms with van der Waals surface area (Å²) in [6.45, 7) is 2.02. The molecule has 0 spiro atoms. The lowest BCUT2D eigenvalue weighted by molar-refractivity contribution is 0.869. The fourth-order valence-corrected chi connectivity index (χ4v) is 3.57. The number of aryl methyl sites for hydroxylation is 1. The van der Waals surface area contributed by atoms with Crippen LogP contribution in [0.5, 0.6) is 0 Å². The minimum absolute atomic E-state index is 0.401. The summed E-state index contributed by atoms with van der Waals surface area (Å²) in [5, 5.41) is 13.9. The quantitative estimate of drug-likeness (QED) is 0.432. The van der Waals surface area contributed by atoms with E-state index in [1.54, 1.807) is 10.9 Å². The number of H-pyrrole nitrogens is 1. The van der Waals surface area contributed by atoms with Crippen molar-refractivity contribution in [3.8, 4) is 11.4 Å². The van der Waals surface area contributed by atoms with Gasteiger partial charge in [0.25, 0.3) is 0 Å². The van der Waals surface area contributed by atoms with Crippen molar-refractivity contribution in [3.05, 3.63) is 57.0 Å². The maximum atomic E-state index is 6.20. The Hall–Kier alpha value is -2.29. The molecule has 3 aromatic heterocycles. The molecule has 0 aliphatic rings. The highest BCUT2D eigenvalue weighted by Crippen LogP contribution is 2.22. The van der Waals surface area contributed by atoms with E-state index in [-0.39, 0.29) is 0 Å². The molecule has 0 aliphatic heterocycles. The fraction of sp³-hybridized carbons (Fsp3) is 0.0667. The van der Waals surface area contributed by atoms with Crippen molar-refractivity contribution in [2.45, 2.75) is 6.92 Å². The highest BCUT2D eigenvalue weighted by Gasteiger charge is 2.12. The third kappa shape index (κ3) is 2.48. The summed E-state index contributed by atoms with van der Waals surface area (Å²) in [6.07, 6.45) is 3.54. The lowest BCUT2D eigenvalue weighted by atomic mass is 10.1. The van der Waals surface area contributed by atoms with Gasteiger partial charge in [-0.15, -0.1) is 11.3 Å². The number of aromatic nitrogens is 5. The van der Waals surface area contributed by atoms with Crippen LogP contribution in [0.2, 0.25) is 5.15 Å². The number of hydrogen-bond acceptors (Lipinski definition) is 5. The van der Waals surface area contributed by atoms with Crippen LogP contribution < -0.4 is 0 Å². The molecule has 0 atom stereocenters. The van der Waals surface area contributed by atoms with Crippen LogP contribution in [0.1, 0.15) is 11.3 Å². The van der Waals surface area contributed by atoms with E-state index in [9.17, 15) is 0 Å². The van der Waals surface area contributed by atoms with Crippen molar-refractivity contribution in [1.82, 2.24) is 24.3 Å². The van der Waals surface area contributed by atoms with E-state index in [2.05, 4.69) is 20.3 Å². The molecule has 24 heavy (non-hydrogen) atoms. The topological polar surface area (TPSA) is 63.3 Å². The molecular formula is C15H11ClN6S2. The highest BCUT2D eigenvalue weighted by atomic mass is 35.5. The molecule has 4 rings (SSSR count). The van der Waals surface area contributed by atoms with Gasteiger partial charge in [0.2, 0.25) is 4.77 Å². The van der Waals surface area contributed by atoms with E-state index < -0.39 is 0 Å². The number of rotatable bonds is 3. The number of nitrogens with zero attached hydrogens (tertiary/aromatic N) is 5. The van der Waals surface area contributed by atoms with Gasteiger partial charge in [0, 0.05) is 17.1 Å². The van der Waals surface area contributed by atoms with Gasteiger partial charge in [0.1, 0.15) is 5.69 Å². The average Bonchev–Trinajstić information content (AvgIpc) is 3.22. The van der Waals surface area contributed by atoms with E-state index in [0.717, 1.165) is 16.1 Å². The van der Waals surface area contributed by atoms with Crippen LogP contribution >= 0.6 is 35.2 Å². The van der Waals surface area contributed by atoms with E-state index in [0.29, 0.717) is 21.4 Å². The van der Waals surface area contributed by atoms with Gasteiger partial charge in [0.05, 0.1) is 6.21 Å². The van der Waals surface area contributed by atoms with Crippen LogP contribution in [-0.4, -0.2) is 30.5 Å². The summed E-state index contributed by atoms with van der Waals surface area (Å²) in [6, 6.07) is 7.93. The molecule has 0 bridgehead atoms. The summed E-state index contributed by atoms with van der Waals surface area (Å²) >= 11 is 13.0. The lowest BCUT2D eigenvalue weighted by Gasteiger charge is -2.04. The first-order valence-corrected chi connectivity index (χ1v) is 8.70. The molecule has 0 radical (unpaired) electrons. The Labute approximate surface area is 151 Å². The van der Waals surface area contributed by atoms with E-state index >= 15 is 0 Å². The summed E-state index contributed by atoms with van der Waals surface area (Å²) in [5.41, 5.74) is 2.75. The Kier molecular flexibility index (Phi) is 3.79. The van der Waals surface area contributed by atoms with Gasteiger partial charge in [-0.25, -0.2) is 10.1 Å². The second-order valence-electron chi connectivity index (χ2n) is 5.07. The first-order valence-electron chi connectivity index (χ1n) is 7.04. The van der Waals surface area contributed by atoms with Gasteiger partial charge in [-0.05, 0) is 24.7 Å². The zero-order chi connectivity index (χ0) is 16.7. The molecule has 6 nitrogen and oxygen atoms in total. The Morgan fingerprint density at radius 1 is 1.38 bits per heavy atom. The summed E-state index contributed by atoms with van der Waals surface area (Å²) in [7, 11) is 0. The molecule has 9 heteroatoms. The fourth-order valence-electron chi connectivity index (χ4n) is 2.40. The monoisotopic (exact) mass is 374 g/mol. The second kappa shape index (κ2) is 5.97. The van der Waals surface area contributed by atoms with Gasteiger partial charge >= 0.3 is 0 Å². The predicted molar refractivity (Wildman–Crippen MR) is 98.7 cm³/mol. The lowest BCUT2D eigenvalue weighted by Crippen LogP contribution is -1.97. The highest BCUT2D eigenvalue weighted by molar-refractivity contribution is 7.71. The van der Waals surface area contributed by atoms with E-state index in [1.165, 1.54) is 11.3 Å². The number of halogens is 1. The number of aromatic amines is 1. The van der Waals surface area contributed by atoms with Crippen molar-refractivity contribution in [1.29, 1.82) is 0 Å². The van der Waals surface area contributed by atoms with E-state index in [4.69, 9.17) is 23.8 Å². The number of nitrogens with one attached hydrogen (secondary N) is 1. The number of fused-ring (bicyclic) bond motifs is 1. The summed E-state index contributed by atoms with van der Waals surface area (Å²) in [5.74, 6) is 0.650. The largest absolute Gasteiger partial charge is 0.288 e. The van der Waals surface area contributed by atoms with Gasteiger partial charge in [-0.1, -0.05) is 35.9 Å². The van der Waals surface area contributed by atoms with Crippen LogP contribution in [0.25, 0.3) is 16.3 Å². The smallest absolute Gasteiger partial charge is 0.216 e. The second-order valence-corrected chi connectivity index (χ2v) is 6.68. The molecule has 4 aromatic rings. The maximum absolute atomic E-state index is 6.20. The van der Waals surface area contributed by atoms with Crippen LogP contribution in [0.4, 0.5) is 0 Å². The zero-order valence-corrected chi connectivity index (χ0v) is 14.9. The number of thiazole rings is 1. The summed E-state index contributed by atoms with van der Waals surface area (Å²) in [4.78, 5) is 5.10. The van der Waals surface area contributed by atoms with Crippen LogP contribution in [-0.2, 0) is 0 Å². The van der Waals surface area contributed by atoms with Crippen molar-refractivity contribution >= 4 is 46.3 Å². The minimum Gasteiger partial charge on any atom is -0.288 e. The molecule has 0 unspecified atom stereocenters. The van der Waals surface area contributed by atoms with Gasteiger partial charge < -0.3 is 0 Å². The maximum Gasteiger partial charge on any atom is 0.216 e. The molecule has 3 heterocycles. The zero-order valence-electron chi connectivity index (χ0n) is 12.5. The third-order valence-corrected chi connectivity index (χ3v) is 4.89. The van der Waals surface area contributed by atoms with Crippen molar-refractivity contribution in [3.63, 3.8) is 0 Å². The summed E-state index contributed by atoms with van der Waals surface area (Å²) < 4.78 is 3.87. The number of benzene rings is 1.